The number of methoxy groups -OCH3 is 1. The molecule has 1 aromatic rings. The molecule has 16 heavy (non-hydrogen) atoms. The second-order valence-corrected chi connectivity index (χ2v) is 2.89. The largest absolute Gasteiger partial charge is 0.497 e. The second kappa shape index (κ2) is 5.59. The van der Waals surface area contributed by atoms with Crippen LogP contribution in [0.25, 0.3) is 0 Å². The Hall–Kier alpha value is -2.24. The molecule has 0 aliphatic heterocycles. The first-order valence-corrected chi connectivity index (χ1v) is 4.44. The van der Waals surface area contributed by atoms with Crippen LogP contribution < -0.4 is 4.74 Å². The summed E-state index contributed by atoms with van der Waals surface area (Å²) in [5.74, 6) is 0.596. The third kappa shape index (κ3) is 3.16. The van der Waals surface area contributed by atoms with E-state index in [1.807, 2.05) is 0 Å². The molecule has 0 aromatic heterocycles. The molecule has 0 heterocycles. The van der Waals surface area contributed by atoms with E-state index in [1.54, 1.807) is 24.3 Å². The van der Waals surface area contributed by atoms with Crippen molar-refractivity contribution in [2.45, 2.75) is 6.04 Å². The van der Waals surface area contributed by atoms with Crippen LogP contribution in [0.4, 0.5) is 5.69 Å². The van der Waals surface area contributed by atoms with Crippen molar-refractivity contribution in [3.05, 3.63) is 34.4 Å². The molecule has 1 atom stereocenters. The van der Waals surface area contributed by atoms with E-state index in [2.05, 4.69) is 4.99 Å². The fourth-order valence-corrected chi connectivity index (χ4v) is 0.992. The zero-order chi connectivity index (χ0) is 12.0. The molecule has 1 aromatic carbocycles. The molecular formula is C10H10N2O4. The molecule has 0 spiro atoms. The molecule has 1 unspecified atom stereocenters. The Morgan fingerprint density at radius 1 is 1.56 bits per heavy atom. The summed E-state index contributed by atoms with van der Waals surface area (Å²) in [5.41, 5.74) is 0.494. The highest BCUT2D eigenvalue weighted by Crippen LogP contribution is 2.18. The molecule has 0 saturated heterocycles. The Morgan fingerprint density at radius 3 is 2.88 bits per heavy atom. The minimum Gasteiger partial charge on any atom is -0.497 e. The van der Waals surface area contributed by atoms with Crippen LogP contribution in [-0.4, -0.2) is 30.6 Å². The number of nitro groups is 1. The van der Waals surface area contributed by atoms with E-state index >= 15 is 0 Å². The first kappa shape index (κ1) is 11.8. The van der Waals surface area contributed by atoms with Crippen molar-refractivity contribution in [1.29, 1.82) is 0 Å². The zero-order valence-electron chi connectivity index (χ0n) is 8.57. The van der Waals surface area contributed by atoms with Crippen molar-refractivity contribution in [3.8, 4) is 5.75 Å². The van der Waals surface area contributed by atoms with Crippen LogP contribution >= 0.6 is 0 Å². The van der Waals surface area contributed by atoms with E-state index in [0.29, 0.717) is 11.4 Å². The van der Waals surface area contributed by atoms with Gasteiger partial charge in [-0.15, -0.1) is 0 Å². The normalized spacial score (nSPS) is 12.3. The quantitative estimate of drug-likeness (QED) is 0.325. The Morgan fingerprint density at radius 2 is 2.31 bits per heavy atom. The van der Waals surface area contributed by atoms with Crippen molar-refractivity contribution in [2.75, 3.05) is 7.11 Å². The van der Waals surface area contributed by atoms with E-state index in [-0.39, 0.29) is 6.29 Å². The summed E-state index contributed by atoms with van der Waals surface area (Å²) in [4.78, 5) is 23.8. The van der Waals surface area contributed by atoms with E-state index < -0.39 is 11.0 Å². The van der Waals surface area contributed by atoms with Gasteiger partial charge in [0, 0.05) is 11.0 Å². The van der Waals surface area contributed by atoms with Crippen LogP contribution in [0.15, 0.2) is 29.3 Å². The van der Waals surface area contributed by atoms with Crippen LogP contribution in [-0.2, 0) is 4.79 Å². The summed E-state index contributed by atoms with van der Waals surface area (Å²) in [6.07, 6.45) is 1.21. The molecular weight excluding hydrogens is 212 g/mol. The summed E-state index contributed by atoms with van der Waals surface area (Å²) in [5, 5.41) is 10.3. The lowest BCUT2D eigenvalue weighted by Gasteiger charge is -1.99. The predicted octanol–water partition coefficient (Wildman–Crippen LogP) is 1.24. The van der Waals surface area contributed by atoms with Gasteiger partial charge in [-0.2, -0.15) is 0 Å². The van der Waals surface area contributed by atoms with Gasteiger partial charge >= 0.3 is 6.04 Å². The standard InChI is InChI=1S/C10H10N2O4/c1-16-10-4-2-3-8(5-10)11-6-9(7-13)12(14)15/h2-7,9H,1H3. The van der Waals surface area contributed by atoms with Crippen LogP contribution in [0.3, 0.4) is 0 Å². The van der Waals surface area contributed by atoms with Gasteiger partial charge in [0.15, 0.2) is 6.29 Å². The number of carbonyl (C=O) groups is 1. The fraction of sp³-hybridized carbons (Fsp3) is 0.200. The first-order chi connectivity index (χ1) is 7.67. The van der Waals surface area contributed by atoms with Crippen molar-refractivity contribution >= 4 is 18.2 Å². The maximum atomic E-state index is 10.3. The number of rotatable bonds is 5. The number of hydrogen-bond donors (Lipinski definition) is 0. The third-order valence-electron chi connectivity index (χ3n) is 1.81. The summed E-state index contributed by atoms with van der Waals surface area (Å²) in [6.45, 7) is 0. The van der Waals surface area contributed by atoms with Gasteiger partial charge < -0.3 is 4.74 Å². The number of hydrogen-bond acceptors (Lipinski definition) is 5. The SMILES string of the molecule is COc1cccc(N=CC(C=O)[N+](=O)[O-])c1. The Kier molecular flexibility index (Phi) is 4.14. The maximum Gasteiger partial charge on any atom is 0.302 e. The second-order valence-electron chi connectivity index (χ2n) is 2.89. The molecule has 0 aliphatic rings. The van der Waals surface area contributed by atoms with Gasteiger partial charge in [-0.25, -0.2) is 0 Å². The molecule has 0 radical (unpaired) electrons. The molecule has 0 N–H and O–H groups in total. The number of aliphatic imine (C=N–C) groups is 1. The first-order valence-electron chi connectivity index (χ1n) is 4.44. The molecule has 0 saturated carbocycles. The van der Waals surface area contributed by atoms with Crippen molar-refractivity contribution in [2.24, 2.45) is 4.99 Å². The Labute approximate surface area is 91.7 Å². The lowest BCUT2D eigenvalue weighted by Crippen LogP contribution is -2.22. The summed E-state index contributed by atoms with van der Waals surface area (Å²) < 4.78 is 4.96. The van der Waals surface area contributed by atoms with Gasteiger partial charge in [0.25, 0.3) is 0 Å². The molecule has 84 valence electrons. The molecule has 0 aliphatic carbocycles. The van der Waals surface area contributed by atoms with E-state index in [9.17, 15) is 14.9 Å². The third-order valence-corrected chi connectivity index (χ3v) is 1.81. The predicted molar refractivity (Wildman–Crippen MR) is 58.0 cm³/mol. The average Bonchev–Trinajstić information content (AvgIpc) is 2.29. The smallest absolute Gasteiger partial charge is 0.302 e. The number of benzene rings is 1. The average molecular weight is 222 g/mol. The molecule has 6 heteroatoms. The molecule has 0 bridgehead atoms. The number of ether oxygens (including phenoxy) is 1. The highest BCUT2D eigenvalue weighted by Gasteiger charge is 2.14. The van der Waals surface area contributed by atoms with E-state index in [4.69, 9.17) is 4.74 Å². The molecule has 0 fully saturated rings. The Bertz CT molecular complexity index is 417. The summed E-state index contributed by atoms with van der Waals surface area (Å²) >= 11 is 0. The van der Waals surface area contributed by atoms with E-state index in [0.717, 1.165) is 6.21 Å². The van der Waals surface area contributed by atoms with Gasteiger partial charge in [0.2, 0.25) is 0 Å². The molecule has 1 rings (SSSR count). The van der Waals surface area contributed by atoms with Crippen molar-refractivity contribution < 1.29 is 14.5 Å². The zero-order valence-corrected chi connectivity index (χ0v) is 8.57. The van der Waals surface area contributed by atoms with Gasteiger partial charge in [-0.05, 0) is 12.1 Å². The summed E-state index contributed by atoms with van der Waals surface area (Å²) in [7, 11) is 1.51. The van der Waals surface area contributed by atoms with Gasteiger partial charge in [-0.3, -0.25) is 19.9 Å². The molecule has 6 nitrogen and oxygen atoms in total. The maximum absolute atomic E-state index is 10.3. The minimum atomic E-state index is -1.41. The highest BCUT2D eigenvalue weighted by molar-refractivity contribution is 5.84. The minimum absolute atomic E-state index is 0.226. The Balaban J connectivity index is 2.82. The van der Waals surface area contributed by atoms with Gasteiger partial charge in [0.1, 0.15) is 5.75 Å². The van der Waals surface area contributed by atoms with Gasteiger partial charge in [0.05, 0.1) is 19.0 Å². The molecule has 0 amide bonds. The number of nitrogens with zero attached hydrogens (tertiary/aromatic N) is 2. The van der Waals surface area contributed by atoms with Crippen LogP contribution in [0.1, 0.15) is 0 Å². The van der Waals surface area contributed by atoms with Crippen LogP contribution in [0, 0.1) is 10.1 Å². The van der Waals surface area contributed by atoms with Crippen LogP contribution in [0.2, 0.25) is 0 Å². The lowest BCUT2D eigenvalue weighted by molar-refractivity contribution is -0.485. The van der Waals surface area contributed by atoms with Crippen LogP contribution in [0.5, 0.6) is 5.75 Å². The van der Waals surface area contributed by atoms with E-state index in [1.165, 1.54) is 7.11 Å². The fourth-order valence-electron chi connectivity index (χ4n) is 0.992. The van der Waals surface area contributed by atoms with Crippen molar-refractivity contribution in [3.63, 3.8) is 0 Å². The number of carbonyl (C=O) groups excluding carboxylic acids is 1. The summed E-state index contributed by atoms with van der Waals surface area (Å²) in [6, 6.07) is 5.28. The topological polar surface area (TPSA) is 81.8 Å². The van der Waals surface area contributed by atoms with Crippen molar-refractivity contribution in [1.82, 2.24) is 0 Å². The monoisotopic (exact) mass is 222 g/mol. The number of aldehydes is 1. The highest BCUT2D eigenvalue weighted by atomic mass is 16.6. The van der Waals surface area contributed by atoms with Gasteiger partial charge in [-0.1, -0.05) is 6.07 Å². The lowest BCUT2D eigenvalue weighted by atomic mass is 10.3.